The van der Waals surface area contributed by atoms with Crippen molar-refractivity contribution < 1.29 is 14.5 Å². The highest BCUT2D eigenvalue weighted by atomic mass is 35.5. The van der Waals surface area contributed by atoms with E-state index in [1.54, 1.807) is 18.2 Å². The van der Waals surface area contributed by atoms with Crippen molar-refractivity contribution in [3.8, 4) is 5.75 Å². The summed E-state index contributed by atoms with van der Waals surface area (Å²) in [5.74, 6) is -0.0618. The maximum atomic E-state index is 12.4. The number of nitro groups is 1. The molecular weight excluding hydrogens is 334 g/mol. The van der Waals surface area contributed by atoms with Gasteiger partial charge in [-0.2, -0.15) is 0 Å². The van der Waals surface area contributed by atoms with E-state index in [0.29, 0.717) is 28.7 Å². The molecule has 0 fully saturated rings. The predicted molar refractivity (Wildman–Crippen MR) is 93.2 cm³/mol. The van der Waals surface area contributed by atoms with Crippen LogP contribution < -0.4 is 15.4 Å². The molecule has 2 rings (SSSR count). The Hall–Kier alpha value is -2.80. The van der Waals surface area contributed by atoms with Crippen molar-refractivity contribution in [2.75, 3.05) is 24.3 Å². The molecule has 0 saturated carbocycles. The van der Waals surface area contributed by atoms with Gasteiger partial charge in [-0.3, -0.25) is 14.9 Å². The first-order valence-electron chi connectivity index (χ1n) is 7.13. The molecule has 2 N–H and O–H groups in total. The predicted octanol–water partition coefficient (Wildman–Crippen LogP) is 3.94. The summed E-state index contributed by atoms with van der Waals surface area (Å²) >= 11 is 5.92. The Kier molecular flexibility index (Phi) is 5.59. The Morgan fingerprint density at radius 3 is 2.62 bits per heavy atom. The third-order valence-corrected chi connectivity index (χ3v) is 3.47. The molecule has 126 valence electrons. The molecule has 7 nitrogen and oxygen atoms in total. The lowest BCUT2D eigenvalue weighted by atomic mass is 10.1. The van der Waals surface area contributed by atoms with Crippen LogP contribution in [0.2, 0.25) is 5.02 Å². The second kappa shape index (κ2) is 7.65. The number of benzene rings is 2. The fourth-order valence-electron chi connectivity index (χ4n) is 2.14. The molecule has 0 aromatic heterocycles. The highest BCUT2D eigenvalue weighted by molar-refractivity contribution is 6.31. The normalized spacial score (nSPS) is 10.1. The number of nitrogens with one attached hydrogen (secondary N) is 2. The van der Waals surface area contributed by atoms with Crippen molar-refractivity contribution in [2.45, 2.75) is 6.92 Å². The highest BCUT2D eigenvalue weighted by Gasteiger charge is 2.18. The van der Waals surface area contributed by atoms with Gasteiger partial charge in [0.2, 0.25) is 0 Å². The van der Waals surface area contributed by atoms with Crippen molar-refractivity contribution in [1.29, 1.82) is 0 Å². The van der Waals surface area contributed by atoms with E-state index in [4.69, 9.17) is 16.3 Å². The average molecular weight is 350 g/mol. The highest BCUT2D eigenvalue weighted by Crippen LogP contribution is 2.29. The second-order valence-corrected chi connectivity index (χ2v) is 5.25. The summed E-state index contributed by atoms with van der Waals surface area (Å²) in [7, 11) is 1.47. The van der Waals surface area contributed by atoms with Crippen LogP contribution in [0.1, 0.15) is 17.3 Å². The van der Waals surface area contributed by atoms with E-state index < -0.39 is 10.8 Å². The molecule has 1 amide bonds. The molecular formula is C16H16ClN3O4. The van der Waals surface area contributed by atoms with Crippen LogP contribution in [0, 0.1) is 10.1 Å². The minimum absolute atomic E-state index is 0.158. The number of hydrogen-bond donors (Lipinski definition) is 2. The number of nitro benzene ring substituents is 1. The summed E-state index contributed by atoms with van der Waals surface area (Å²) < 4.78 is 5.16. The van der Waals surface area contributed by atoms with Crippen LogP contribution >= 0.6 is 11.6 Å². The first-order valence-corrected chi connectivity index (χ1v) is 7.51. The topological polar surface area (TPSA) is 93.5 Å². The van der Waals surface area contributed by atoms with E-state index in [2.05, 4.69) is 10.6 Å². The lowest BCUT2D eigenvalue weighted by molar-refractivity contribution is -0.384. The van der Waals surface area contributed by atoms with Crippen LogP contribution in [0.4, 0.5) is 17.1 Å². The number of carbonyl (C=O) groups is 1. The molecule has 0 bridgehead atoms. The zero-order valence-corrected chi connectivity index (χ0v) is 13.9. The molecule has 0 heterocycles. The fourth-order valence-corrected chi connectivity index (χ4v) is 2.31. The maximum absolute atomic E-state index is 12.4. The average Bonchev–Trinajstić information content (AvgIpc) is 2.55. The zero-order valence-electron chi connectivity index (χ0n) is 13.1. The number of halogens is 1. The summed E-state index contributed by atoms with van der Waals surface area (Å²) in [5.41, 5.74) is 0.737. The van der Waals surface area contributed by atoms with Crippen molar-refractivity contribution in [3.05, 3.63) is 57.1 Å². The van der Waals surface area contributed by atoms with Crippen molar-refractivity contribution in [1.82, 2.24) is 0 Å². The maximum Gasteiger partial charge on any atom is 0.293 e. The van der Waals surface area contributed by atoms with Gasteiger partial charge in [-0.05, 0) is 37.3 Å². The van der Waals surface area contributed by atoms with E-state index >= 15 is 0 Å². The van der Waals surface area contributed by atoms with Crippen LogP contribution in [0.25, 0.3) is 0 Å². The molecule has 8 heteroatoms. The summed E-state index contributed by atoms with van der Waals surface area (Å²) in [4.78, 5) is 23.0. The monoisotopic (exact) mass is 349 g/mol. The van der Waals surface area contributed by atoms with Crippen LogP contribution in [0.15, 0.2) is 36.4 Å². The van der Waals surface area contributed by atoms with E-state index in [-0.39, 0.29) is 11.3 Å². The van der Waals surface area contributed by atoms with E-state index in [1.165, 1.54) is 25.3 Å². The molecule has 24 heavy (non-hydrogen) atoms. The molecule has 0 aliphatic rings. The van der Waals surface area contributed by atoms with Gasteiger partial charge in [0.25, 0.3) is 11.6 Å². The summed E-state index contributed by atoms with van der Waals surface area (Å²) in [6.07, 6.45) is 0. The Balaban J connectivity index is 2.32. The first kappa shape index (κ1) is 17.6. The Labute approximate surface area is 143 Å². The first-order chi connectivity index (χ1) is 11.5. The SMILES string of the molecule is CCNc1ccc(C(=O)Nc2cc(Cl)ccc2OC)cc1[N+](=O)[O-]. The van der Waals surface area contributed by atoms with Crippen LogP contribution in [0.5, 0.6) is 5.75 Å². The number of nitrogens with zero attached hydrogens (tertiary/aromatic N) is 1. The standard InChI is InChI=1S/C16H16ClN3O4/c1-3-18-12-6-4-10(8-14(12)20(22)23)16(21)19-13-9-11(17)5-7-15(13)24-2/h4-9,18H,3H2,1-2H3,(H,19,21). The Morgan fingerprint density at radius 2 is 2.00 bits per heavy atom. The van der Waals surface area contributed by atoms with Gasteiger partial charge in [0.05, 0.1) is 17.7 Å². The molecule has 2 aromatic rings. The number of ether oxygens (including phenoxy) is 1. The smallest absolute Gasteiger partial charge is 0.293 e. The molecule has 0 spiro atoms. The summed E-state index contributed by atoms with van der Waals surface area (Å²) in [6, 6.07) is 9.04. The fraction of sp³-hybridized carbons (Fsp3) is 0.188. The van der Waals surface area contributed by atoms with Crippen molar-refractivity contribution in [2.24, 2.45) is 0 Å². The Morgan fingerprint density at radius 1 is 1.25 bits per heavy atom. The van der Waals surface area contributed by atoms with Gasteiger partial charge in [0.15, 0.2) is 0 Å². The number of methoxy groups -OCH3 is 1. The number of amides is 1. The lowest BCUT2D eigenvalue weighted by Crippen LogP contribution is -2.13. The molecule has 0 radical (unpaired) electrons. The third kappa shape index (κ3) is 3.94. The molecule has 0 aliphatic heterocycles. The van der Waals surface area contributed by atoms with Crippen LogP contribution in [-0.2, 0) is 0 Å². The van der Waals surface area contributed by atoms with Gasteiger partial charge < -0.3 is 15.4 Å². The van der Waals surface area contributed by atoms with Gasteiger partial charge in [-0.25, -0.2) is 0 Å². The molecule has 0 saturated heterocycles. The van der Waals surface area contributed by atoms with Gasteiger partial charge in [-0.15, -0.1) is 0 Å². The molecule has 0 aliphatic carbocycles. The quantitative estimate of drug-likeness (QED) is 0.608. The summed E-state index contributed by atoms with van der Waals surface area (Å²) in [6.45, 7) is 2.36. The molecule has 0 unspecified atom stereocenters. The van der Waals surface area contributed by atoms with Gasteiger partial charge in [0.1, 0.15) is 11.4 Å². The van der Waals surface area contributed by atoms with Crippen LogP contribution in [-0.4, -0.2) is 24.5 Å². The Bertz CT molecular complexity index is 780. The summed E-state index contributed by atoms with van der Waals surface area (Å²) in [5, 5.41) is 17.1. The number of carbonyl (C=O) groups excluding carboxylic acids is 1. The second-order valence-electron chi connectivity index (χ2n) is 4.82. The van der Waals surface area contributed by atoms with E-state index in [9.17, 15) is 14.9 Å². The van der Waals surface area contributed by atoms with Crippen molar-refractivity contribution >= 4 is 34.6 Å². The van der Waals surface area contributed by atoms with Gasteiger partial charge >= 0.3 is 0 Å². The van der Waals surface area contributed by atoms with E-state index in [1.807, 2.05) is 6.92 Å². The van der Waals surface area contributed by atoms with E-state index in [0.717, 1.165) is 0 Å². The largest absolute Gasteiger partial charge is 0.495 e. The third-order valence-electron chi connectivity index (χ3n) is 3.23. The van der Waals surface area contributed by atoms with Gasteiger partial charge in [-0.1, -0.05) is 11.6 Å². The number of hydrogen-bond acceptors (Lipinski definition) is 5. The zero-order chi connectivity index (χ0) is 17.7. The minimum atomic E-state index is -0.533. The molecule has 0 atom stereocenters. The molecule has 2 aromatic carbocycles. The van der Waals surface area contributed by atoms with Crippen LogP contribution in [0.3, 0.4) is 0 Å². The minimum Gasteiger partial charge on any atom is -0.495 e. The number of rotatable bonds is 6. The van der Waals surface area contributed by atoms with Crippen molar-refractivity contribution in [3.63, 3.8) is 0 Å². The number of anilines is 2. The lowest BCUT2D eigenvalue weighted by Gasteiger charge is -2.11. The van der Waals surface area contributed by atoms with Gasteiger partial charge in [0, 0.05) is 23.2 Å².